The summed E-state index contributed by atoms with van der Waals surface area (Å²) in [5.74, 6) is 0.305. The second kappa shape index (κ2) is 7.74. The molecule has 30 heavy (non-hydrogen) atoms. The SMILES string of the molecule is Cc1ccc(C(=O)Nc2ccc3c(c2)OCCN3)c(-c2ccc(C(F)(F)F)cc2)c1. The third-order valence-corrected chi connectivity index (χ3v) is 4.86. The van der Waals surface area contributed by atoms with Crippen LogP contribution in [0.4, 0.5) is 24.5 Å². The molecule has 0 saturated heterocycles. The van der Waals surface area contributed by atoms with E-state index in [1.807, 2.05) is 13.0 Å². The number of aryl methyl sites for hydroxylation is 1. The van der Waals surface area contributed by atoms with Gasteiger partial charge in [0.1, 0.15) is 12.4 Å². The van der Waals surface area contributed by atoms with Crippen LogP contribution in [-0.4, -0.2) is 19.1 Å². The summed E-state index contributed by atoms with van der Waals surface area (Å²) in [7, 11) is 0. The van der Waals surface area contributed by atoms with E-state index in [-0.39, 0.29) is 5.91 Å². The number of benzene rings is 3. The molecule has 7 heteroatoms. The first-order valence-electron chi connectivity index (χ1n) is 9.41. The van der Waals surface area contributed by atoms with Gasteiger partial charge in [0.2, 0.25) is 0 Å². The number of alkyl halides is 3. The number of halogens is 3. The van der Waals surface area contributed by atoms with E-state index in [0.29, 0.717) is 34.7 Å². The molecule has 4 nitrogen and oxygen atoms in total. The molecule has 0 aromatic heterocycles. The van der Waals surface area contributed by atoms with E-state index in [2.05, 4.69) is 10.6 Å². The van der Waals surface area contributed by atoms with Crippen molar-refractivity contribution in [2.24, 2.45) is 0 Å². The monoisotopic (exact) mass is 412 g/mol. The summed E-state index contributed by atoms with van der Waals surface area (Å²) < 4.78 is 44.2. The van der Waals surface area contributed by atoms with E-state index < -0.39 is 11.7 Å². The number of amides is 1. The third-order valence-electron chi connectivity index (χ3n) is 4.86. The predicted octanol–water partition coefficient (Wildman–Crippen LogP) is 5.74. The van der Waals surface area contributed by atoms with Crippen LogP contribution in [0.2, 0.25) is 0 Å². The van der Waals surface area contributed by atoms with Crippen LogP contribution in [0.5, 0.6) is 5.75 Å². The van der Waals surface area contributed by atoms with Crippen LogP contribution in [0.3, 0.4) is 0 Å². The third kappa shape index (κ3) is 4.10. The van der Waals surface area contributed by atoms with Crippen LogP contribution in [0.1, 0.15) is 21.5 Å². The topological polar surface area (TPSA) is 50.4 Å². The van der Waals surface area contributed by atoms with Crippen molar-refractivity contribution in [3.63, 3.8) is 0 Å². The minimum absolute atomic E-state index is 0.353. The van der Waals surface area contributed by atoms with Gasteiger partial charge in [0, 0.05) is 23.9 Å². The summed E-state index contributed by atoms with van der Waals surface area (Å²) in [6.45, 7) is 3.13. The molecule has 0 atom stereocenters. The van der Waals surface area contributed by atoms with Gasteiger partial charge in [0.05, 0.1) is 11.3 Å². The number of rotatable bonds is 3. The number of fused-ring (bicyclic) bond motifs is 1. The molecule has 2 N–H and O–H groups in total. The Labute approximate surface area is 171 Å². The maximum absolute atomic E-state index is 13.0. The van der Waals surface area contributed by atoms with Gasteiger partial charge >= 0.3 is 6.18 Å². The summed E-state index contributed by atoms with van der Waals surface area (Å²) in [5, 5.41) is 6.06. The van der Waals surface area contributed by atoms with Gasteiger partial charge in [-0.2, -0.15) is 13.2 Å². The largest absolute Gasteiger partial charge is 0.490 e. The fourth-order valence-electron chi connectivity index (χ4n) is 3.34. The highest BCUT2D eigenvalue weighted by atomic mass is 19.4. The summed E-state index contributed by atoms with van der Waals surface area (Å²) in [6, 6.07) is 15.4. The van der Waals surface area contributed by atoms with Crippen LogP contribution < -0.4 is 15.4 Å². The molecule has 1 aliphatic heterocycles. The number of hydrogen-bond donors (Lipinski definition) is 2. The second-order valence-corrected chi connectivity index (χ2v) is 7.06. The Hall–Kier alpha value is -3.48. The van der Waals surface area contributed by atoms with Gasteiger partial charge in [-0.25, -0.2) is 0 Å². The molecular formula is C23H19F3N2O2. The smallest absolute Gasteiger partial charge is 0.416 e. The van der Waals surface area contributed by atoms with Crippen molar-refractivity contribution in [2.75, 3.05) is 23.8 Å². The fourth-order valence-corrected chi connectivity index (χ4v) is 3.34. The minimum Gasteiger partial charge on any atom is -0.490 e. The number of hydrogen-bond acceptors (Lipinski definition) is 3. The molecular weight excluding hydrogens is 393 g/mol. The number of anilines is 2. The molecule has 0 fully saturated rings. The number of nitrogens with one attached hydrogen (secondary N) is 2. The molecule has 0 saturated carbocycles. The lowest BCUT2D eigenvalue weighted by Crippen LogP contribution is -2.18. The van der Waals surface area contributed by atoms with Gasteiger partial charge < -0.3 is 15.4 Å². The highest BCUT2D eigenvalue weighted by Crippen LogP contribution is 2.33. The molecule has 0 aliphatic carbocycles. The molecule has 3 aromatic rings. The van der Waals surface area contributed by atoms with Crippen molar-refractivity contribution in [1.29, 1.82) is 0 Å². The Kier molecular flexibility index (Phi) is 5.11. The molecule has 4 rings (SSSR count). The Morgan fingerprint density at radius 3 is 2.53 bits per heavy atom. The first-order chi connectivity index (χ1) is 14.3. The average molecular weight is 412 g/mol. The fraction of sp³-hybridized carbons (Fsp3) is 0.174. The Morgan fingerprint density at radius 2 is 1.80 bits per heavy atom. The maximum Gasteiger partial charge on any atom is 0.416 e. The van der Waals surface area contributed by atoms with Gasteiger partial charge in [-0.1, -0.05) is 29.8 Å². The average Bonchev–Trinajstić information content (AvgIpc) is 2.73. The Morgan fingerprint density at radius 1 is 1.03 bits per heavy atom. The number of carbonyl (C=O) groups excluding carboxylic acids is 1. The maximum atomic E-state index is 13.0. The van der Waals surface area contributed by atoms with Crippen molar-refractivity contribution >= 4 is 17.3 Å². The first-order valence-corrected chi connectivity index (χ1v) is 9.41. The quantitative estimate of drug-likeness (QED) is 0.577. The zero-order chi connectivity index (χ0) is 21.3. The van der Waals surface area contributed by atoms with Gasteiger partial charge in [-0.3, -0.25) is 4.79 Å². The van der Waals surface area contributed by atoms with E-state index in [0.717, 1.165) is 29.9 Å². The van der Waals surface area contributed by atoms with Gasteiger partial charge in [0.25, 0.3) is 5.91 Å². The Bertz CT molecular complexity index is 1090. The number of carbonyl (C=O) groups is 1. The van der Waals surface area contributed by atoms with Gasteiger partial charge in [0.15, 0.2) is 0 Å². The summed E-state index contributed by atoms with van der Waals surface area (Å²) in [4.78, 5) is 13.0. The lowest BCUT2D eigenvalue weighted by Gasteiger charge is -2.20. The van der Waals surface area contributed by atoms with E-state index in [1.54, 1.807) is 30.3 Å². The predicted molar refractivity (Wildman–Crippen MR) is 110 cm³/mol. The first kappa shape index (κ1) is 19.8. The van der Waals surface area contributed by atoms with Crippen molar-refractivity contribution in [2.45, 2.75) is 13.1 Å². The van der Waals surface area contributed by atoms with Gasteiger partial charge in [-0.05, 0) is 48.4 Å². The van der Waals surface area contributed by atoms with Crippen molar-refractivity contribution < 1.29 is 22.7 Å². The molecule has 1 heterocycles. The van der Waals surface area contributed by atoms with Crippen LogP contribution in [-0.2, 0) is 6.18 Å². The molecule has 1 amide bonds. The lowest BCUT2D eigenvalue weighted by molar-refractivity contribution is -0.137. The zero-order valence-electron chi connectivity index (χ0n) is 16.1. The minimum atomic E-state index is -4.41. The summed E-state index contributed by atoms with van der Waals surface area (Å²) in [5.41, 5.74) is 3.08. The zero-order valence-corrected chi connectivity index (χ0v) is 16.1. The Balaban J connectivity index is 1.64. The molecule has 1 aliphatic rings. The second-order valence-electron chi connectivity index (χ2n) is 7.06. The van der Waals surface area contributed by atoms with Crippen LogP contribution in [0, 0.1) is 6.92 Å². The normalized spacial score (nSPS) is 13.1. The molecule has 0 spiro atoms. The van der Waals surface area contributed by atoms with Crippen LogP contribution in [0.25, 0.3) is 11.1 Å². The van der Waals surface area contributed by atoms with Crippen LogP contribution >= 0.6 is 0 Å². The molecule has 0 bridgehead atoms. The van der Waals surface area contributed by atoms with Gasteiger partial charge in [-0.15, -0.1) is 0 Å². The summed E-state index contributed by atoms with van der Waals surface area (Å²) in [6.07, 6.45) is -4.41. The molecule has 0 radical (unpaired) electrons. The van der Waals surface area contributed by atoms with E-state index in [9.17, 15) is 18.0 Å². The molecule has 0 unspecified atom stereocenters. The van der Waals surface area contributed by atoms with Crippen molar-refractivity contribution in [3.05, 3.63) is 77.4 Å². The van der Waals surface area contributed by atoms with Crippen LogP contribution in [0.15, 0.2) is 60.7 Å². The molecule has 3 aromatic carbocycles. The van der Waals surface area contributed by atoms with E-state index in [1.165, 1.54) is 12.1 Å². The van der Waals surface area contributed by atoms with E-state index in [4.69, 9.17) is 4.74 Å². The highest BCUT2D eigenvalue weighted by molar-refractivity contribution is 6.09. The van der Waals surface area contributed by atoms with Crippen molar-refractivity contribution in [1.82, 2.24) is 0 Å². The molecule has 154 valence electrons. The highest BCUT2D eigenvalue weighted by Gasteiger charge is 2.30. The summed E-state index contributed by atoms with van der Waals surface area (Å²) >= 11 is 0. The van der Waals surface area contributed by atoms with E-state index >= 15 is 0 Å². The van der Waals surface area contributed by atoms with Crippen molar-refractivity contribution in [3.8, 4) is 16.9 Å². The lowest BCUT2D eigenvalue weighted by atomic mass is 9.96. The number of ether oxygens (including phenoxy) is 1. The standard InChI is InChI=1S/C23H19F3N2O2/c1-14-2-8-18(19(12-14)15-3-5-16(6-4-15)23(24,25)26)22(29)28-17-7-9-20-21(13-17)30-11-10-27-20/h2-9,12-13,27H,10-11H2,1H3,(H,28,29).